The molecule has 0 radical (unpaired) electrons. The molecule has 0 saturated carbocycles. The van der Waals surface area contributed by atoms with E-state index in [0.29, 0.717) is 10.0 Å². The second kappa shape index (κ2) is 6.84. The number of rotatable bonds is 2. The van der Waals surface area contributed by atoms with Gasteiger partial charge < -0.3 is 4.74 Å². The zero-order valence-corrected chi connectivity index (χ0v) is 17.1. The molecule has 1 saturated heterocycles. The molecule has 142 valence electrons. The minimum absolute atomic E-state index is 0.320. The number of halogens is 2. The maximum absolute atomic E-state index is 13.1. The summed E-state index contributed by atoms with van der Waals surface area (Å²) in [7, 11) is 0. The van der Waals surface area contributed by atoms with Gasteiger partial charge in [0.2, 0.25) is 5.91 Å². The van der Waals surface area contributed by atoms with Gasteiger partial charge in [-0.25, -0.2) is 9.69 Å². The number of hydrogen-bond donors (Lipinski definition) is 0. The van der Waals surface area contributed by atoms with Gasteiger partial charge in [-0.05, 0) is 63.1 Å². The largest absolute Gasteiger partial charge is 0.443 e. The summed E-state index contributed by atoms with van der Waals surface area (Å²) in [6, 6.07) is 13.8. The molecule has 1 aliphatic rings. The van der Waals surface area contributed by atoms with Crippen LogP contribution in [0.5, 0.6) is 0 Å². The lowest BCUT2D eigenvalue weighted by molar-refractivity contribution is -0.157. The first-order valence-electron chi connectivity index (χ1n) is 8.62. The lowest BCUT2D eigenvalue weighted by Crippen LogP contribution is -2.66. The lowest BCUT2D eigenvalue weighted by Gasteiger charge is -2.53. The van der Waals surface area contributed by atoms with Crippen LogP contribution >= 0.6 is 23.2 Å². The van der Waals surface area contributed by atoms with Crippen LogP contribution in [0.3, 0.4) is 0 Å². The van der Waals surface area contributed by atoms with Crippen molar-refractivity contribution in [1.82, 2.24) is 4.90 Å². The lowest BCUT2D eigenvalue weighted by atomic mass is 9.65. The van der Waals surface area contributed by atoms with Gasteiger partial charge in [-0.1, -0.05) is 47.5 Å². The summed E-state index contributed by atoms with van der Waals surface area (Å²) in [5.74, 6) is -0.320. The Hall–Kier alpha value is -2.04. The first kappa shape index (κ1) is 19.7. The molecule has 3 rings (SSSR count). The second-order valence-electron chi connectivity index (χ2n) is 7.82. The SMILES string of the molecule is CC(C)(C)OC(=O)N1C(=O)C(C)(c2cccc(Cl)c2)C1c1ccc(Cl)cc1. The Bertz CT molecular complexity index is 889. The fourth-order valence-corrected chi connectivity index (χ4v) is 3.71. The van der Waals surface area contributed by atoms with Crippen LogP contribution in [0.2, 0.25) is 10.0 Å². The number of likely N-dealkylation sites (tertiary alicyclic amines) is 1. The molecule has 2 aromatic carbocycles. The van der Waals surface area contributed by atoms with Gasteiger partial charge in [-0.3, -0.25) is 4.79 Å². The standard InChI is InChI=1S/C21H21Cl2NO3/c1-20(2,3)27-19(26)24-17(13-8-10-15(22)11-9-13)21(4,18(24)25)14-6-5-7-16(23)12-14/h5-12,17H,1-4H3. The van der Waals surface area contributed by atoms with E-state index < -0.39 is 23.2 Å². The summed E-state index contributed by atoms with van der Waals surface area (Å²) < 4.78 is 5.45. The fourth-order valence-electron chi connectivity index (χ4n) is 3.40. The summed E-state index contributed by atoms with van der Waals surface area (Å²) in [6.07, 6.45) is -0.660. The molecule has 1 heterocycles. The van der Waals surface area contributed by atoms with Crippen LogP contribution in [0.25, 0.3) is 0 Å². The number of ether oxygens (including phenoxy) is 1. The number of amides is 2. The Kier molecular flexibility index (Phi) is 5.00. The van der Waals surface area contributed by atoms with Gasteiger partial charge in [-0.2, -0.15) is 0 Å². The van der Waals surface area contributed by atoms with Gasteiger partial charge >= 0.3 is 6.09 Å². The van der Waals surface area contributed by atoms with Crippen molar-refractivity contribution < 1.29 is 14.3 Å². The molecule has 0 bridgehead atoms. The number of imide groups is 1. The highest BCUT2D eigenvalue weighted by Gasteiger charge is 2.62. The van der Waals surface area contributed by atoms with Crippen molar-refractivity contribution in [2.75, 3.05) is 0 Å². The minimum atomic E-state index is -0.935. The Morgan fingerprint density at radius 1 is 1.07 bits per heavy atom. The summed E-state index contributed by atoms with van der Waals surface area (Å²) >= 11 is 12.2. The molecule has 2 amide bonds. The molecule has 0 aromatic heterocycles. The number of carbonyl (C=O) groups is 2. The number of hydrogen-bond acceptors (Lipinski definition) is 3. The molecule has 1 aliphatic heterocycles. The third-order valence-electron chi connectivity index (χ3n) is 4.67. The summed E-state index contributed by atoms with van der Waals surface area (Å²) in [5.41, 5.74) is -0.0911. The second-order valence-corrected chi connectivity index (χ2v) is 8.70. The first-order valence-corrected chi connectivity index (χ1v) is 9.38. The van der Waals surface area contributed by atoms with E-state index in [0.717, 1.165) is 11.1 Å². The van der Waals surface area contributed by atoms with E-state index in [9.17, 15) is 9.59 Å². The molecule has 0 N–H and O–H groups in total. The van der Waals surface area contributed by atoms with E-state index in [1.807, 2.05) is 25.1 Å². The van der Waals surface area contributed by atoms with Crippen molar-refractivity contribution in [2.24, 2.45) is 0 Å². The third-order valence-corrected chi connectivity index (χ3v) is 5.16. The molecule has 0 aliphatic carbocycles. The molecule has 2 atom stereocenters. The van der Waals surface area contributed by atoms with Crippen molar-refractivity contribution in [3.8, 4) is 0 Å². The van der Waals surface area contributed by atoms with Gasteiger partial charge in [0.25, 0.3) is 0 Å². The topological polar surface area (TPSA) is 46.6 Å². The molecule has 2 unspecified atom stereocenters. The fraction of sp³-hybridized carbons (Fsp3) is 0.333. The van der Waals surface area contributed by atoms with Crippen LogP contribution in [0.4, 0.5) is 4.79 Å². The van der Waals surface area contributed by atoms with E-state index >= 15 is 0 Å². The van der Waals surface area contributed by atoms with Gasteiger partial charge in [0.15, 0.2) is 0 Å². The van der Waals surface area contributed by atoms with E-state index in [1.165, 1.54) is 4.90 Å². The molecule has 0 spiro atoms. The Balaban J connectivity index is 2.07. The quantitative estimate of drug-likeness (QED) is 0.595. The van der Waals surface area contributed by atoms with E-state index in [2.05, 4.69) is 0 Å². The van der Waals surface area contributed by atoms with Gasteiger partial charge in [0.05, 0.1) is 11.5 Å². The average molecular weight is 406 g/mol. The normalized spacial score (nSPS) is 22.4. The van der Waals surface area contributed by atoms with E-state index in [-0.39, 0.29) is 5.91 Å². The molecular weight excluding hydrogens is 385 g/mol. The van der Waals surface area contributed by atoms with Crippen molar-refractivity contribution in [3.05, 3.63) is 69.7 Å². The highest BCUT2D eigenvalue weighted by molar-refractivity contribution is 6.31. The summed E-state index contributed by atoms with van der Waals surface area (Å²) in [4.78, 5) is 27.0. The highest BCUT2D eigenvalue weighted by Crippen LogP contribution is 2.52. The van der Waals surface area contributed by atoms with Crippen molar-refractivity contribution in [2.45, 2.75) is 44.8 Å². The van der Waals surface area contributed by atoms with Crippen molar-refractivity contribution in [3.63, 3.8) is 0 Å². The molecule has 27 heavy (non-hydrogen) atoms. The number of benzene rings is 2. The number of β-lactam (4-membered cyclic amide) rings is 1. The van der Waals surface area contributed by atoms with Crippen molar-refractivity contribution in [1.29, 1.82) is 0 Å². The number of carbonyl (C=O) groups excluding carboxylic acids is 2. The van der Waals surface area contributed by atoms with Crippen LogP contribution in [-0.4, -0.2) is 22.5 Å². The summed E-state index contributed by atoms with van der Waals surface area (Å²) in [6.45, 7) is 7.12. The Labute approximate surface area is 169 Å². The van der Waals surface area contributed by atoms with Crippen LogP contribution < -0.4 is 0 Å². The Morgan fingerprint density at radius 3 is 2.26 bits per heavy atom. The first-order chi connectivity index (χ1) is 12.5. The molecular formula is C21H21Cl2NO3. The van der Waals surface area contributed by atoms with Gasteiger partial charge in [0, 0.05) is 10.0 Å². The molecule has 6 heteroatoms. The summed E-state index contributed by atoms with van der Waals surface area (Å²) in [5, 5.41) is 1.12. The van der Waals surface area contributed by atoms with Gasteiger partial charge in [0.1, 0.15) is 5.60 Å². The zero-order valence-electron chi connectivity index (χ0n) is 15.6. The zero-order chi connectivity index (χ0) is 20.0. The maximum atomic E-state index is 13.1. The van der Waals surface area contributed by atoms with Crippen molar-refractivity contribution >= 4 is 35.2 Å². The molecule has 2 aromatic rings. The highest BCUT2D eigenvalue weighted by atomic mass is 35.5. The maximum Gasteiger partial charge on any atom is 0.417 e. The molecule has 4 nitrogen and oxygen atoms in total. The predicted molar refractivity (Wildman–Crippen MR) is 106 cm³/mol. The van der Waals surface area contributed by atoms with Crippen LogP contribution in [0.1, 0.15) is 44.9 Å². The van der Waals surface area contributed by atoms with Gasteiger partial charge in [-0.15, -0.1) is 0 Å². The predicted octanol–water partition coefficient (Wildman–Crippen LogP) is 5.77. The van der Waals surface area contributed by atoms with Crippen LogP contribution in [0, 0.1) is 0 Å². The van der Waals surface area contributed by atoms with Crippen LogP contribution in [0.15, 0.2) is 48.5 Å². The average Bonchev–Trinajstić information content (AvgIpc) is 2.58. The molecule has 1 fully saturated rings. The Morgan fingerprint density at radius 2 is 1.70 bits per heavy atom. The van der Waals surface area contributed by atoms with Crippen LogP contribution in [-0.2, 0) is 14.9 Å². The smallest absolute Gasteiger partial charge is 0.417 e. The van der Waals surface area contributed by atoms with E-state index in [1.54, 1.807) is 51.1 Å². The third kappa shape index (κ3) is 3.56. The minimum Gasteiger partial charge on any atom is -0.443 e. The number of nitrogens with zero attached hydrogens (tertiary/aromatic N) is 1. The monoisotopic (exact) mass is 405 g/mol. The van der Waals surface area contributed by atoms with E-state index in [4.69, 9.17) is 27.9 Å².